The molecular formula is C20H17F3N2O3S. The molecule has 0 aromatic heterocycles. The minimum Gasteiger partial charge on any atom is -0.463 e. The average Bonchev–Trinajstić information content (AvgIpc) is 2.68. The van der Waals surface area contributed by atoms with Gasteiger partial charge in [0.15, 0.2) is 5.11 Å². The number of benzene rings is 2. The third-order valence-electron chi connectivity index (χ3n) is 4.02. The van der Waals surface area contributed by atoms with Crippen molar-refractivity contribution in [1.82, 2.24) is 10.6 Å². The molecule has 9 heteroatoms. The van der Waals surface area contributed by atoms with Crippen LogP contribution in [0.4, 0.5) is 13.2 Å². The number of hydrogen-bond acceptors (Lipinski definition) is 4. The number of ether oxygens (including phenoxy) is 2. The molecule has 152 valence electrons. The number of allylic oxidation sites excluding steroid dienone is 1. The summed E-state index contributed by atoms with van der Waals surface area (Å²) < 4.78 is 51.4. The summed E-state index contributed by atoms with van der Waals surface area (Å²) in [7, 11) is 0. The predicted octanol–water partition coefficient (Wildman–Crippen LogP) is 4.38. The van der Waals surface area contributed by atoms with E-state index >= 15 is 0 Å². The fourth-order valence-electron chi connectivity index (χ4n) is 2.85. The Kier molecular flexibility index (Phi) is 6.07. The highest BCUT2D eigenvalue weighted by Crippen LogP contribution is 2.36. The minimum atomic E-state index is -4.81. The van der Waals surface area contributed by atoms with Crippen molar-refractivity contribution in [3.8, 4) is 11.5 Å². The maximum absolute atomic E-state index is 13.6. The molecular weight excluding hydrogens is 405 g/mol. The van der Waals surface area contributed by atoms with Gasteiger partial charge in [-0.05, 0) is 49.0 Å². The third kappa shape index (κ3) is 4.86. The van der Waals surface area contributed by atoms with E-state index in [2.05, 4.69) is 5.32 Å². The van der Waals surface area contributed by atoms with Crippen LogP contribution in [-0.2, 0) is 9.53 Å². The number of halogens is 3. The number of carbonyl (C=O) groups excluding carboxylic acids is 1. The Morgan fingerprint density at radius 1 is 1.10 bits per heavy atom. The van der Waals surface area contributed by atoms with Gasteiger partial charge in [-0.2, -0.15) is 13.2 Å². The summed E-state index contributed by atoms with van der Waals surface area (Å²) in [4.78, 5) is 12.4. The summed E-state index contributed by atoms with van der Waals surface area (Å²) in [6, 6.07) is 14.2. The lowest BCUT2D eigenvalue weighted by Crippen LogP contribution is -2.49. The van der Waals surface area contributed by atoms with Crippen LogP contribution in [0.25, 0.3) is 0 Å². The Morgan fingerprint density at radius 3 is 2.45 bits per heavy atom. The van der Waals surface area contributed by atoms with Gasteiger partial charge < -0.3 is 20.1 Å². The predicted molar refractivity (Wildman–Crippen MR) is 104 cm³/mol. The van der Waals surface area contributed by atoms with Gasteiger partial charge >= 0.3 is 12.1 Å². The number of rotatable bonds is 5. The van der Waals surface area contributed by atoms with Crippen LogP contribution < -0.4 is 15.4 Å². The zero-order chi connectivity index (χ0) is 21.0. The second-order valence-electron chi connectivity index (χ2n) is 6.03. The molecule has 0 saturated heterocycles. The van der Waals surface area contributed by atoms with E-state index in [1.165, 1.54) is 6.92 Å². The maximum Gasteiger partial charge on any atom is 0.431 e. The van der Waals surface area contributed by atoms with E-state index in [-0.39, 0.29) is 11.7 Å². The van der Waals surface area contributed by atoms with Crippen LogP contribution in [0.5, 0.6) is 11.5 Å². The van der Waals surface area contributed by atoms with E-state index in [4.69, 9.17) is 21.7 Å². The Hall–Kier alpha value is -3.07. The van der Waals surface area contributed by atoms with Crippen molar-refractivity contribution < 1.29 is 27.4 Å². The molecule has 0 saturated carbocycles. The fourth-order valence-corrected chi connectivity index (χ4v) is 3.07. The molecule has 1 atom stereocenters. The van der Waals surface area contributed by atoms with Crippen molar-refractivity contribution in [3.05, 3.63) is 71.4 Å². The minimum absolute atomic E-state index is 0.0677. The highest BCUT2D eigenvalue weighted by atomic mass is 32.1. The monoisotopic (exact) mass is 422 g/mol. The molecule has 0 amide bonds. The second kappa shape index (κ2) is 8.52. The standard InChI is InChI=1S/C20H17F3N2O3S/c1-2-27-18(26)15-16(24-19(29)25-17(15)20(21,22)23)12-7-6-10-14(11-12)28-13-8-4-3-5-9-13/h3-11,16H,2H2,1H3,(H2,24,25,29). The molecule has 0 bridgehead atoms. The van der Waals surface area contributed by atoms with Crippen molar-refractivity contribution in [2.24, 2.45) is 0 Å². The zero-order valence-electron chi connectivity index (χ0n) is 15.2. The lowest BCUT2D eigenvalue weighted by molar-refractivity contribution is -0.140. The molecule has 1 heterocycles. The van der Waals surface area contributed by atoms with Crippen LogP contribution in [-0.4, -0.2) is 23.9 Å². The number of thiocarbonyl (C=S) groups is 1. The first-order valence-electron chi connectivity index (χ1n) is 8.68. The molecule has 29 heavy (non-hydrogen) atoms. The van der Waals surface area contributed by atoms with Crippen molar-refractivity contribution in [1.29, 1.82) is 0 Å². The summed E-state index contributed by atoms with van der Waals surface area (Å²) in [5, 5.41) is 4.52. The first-order chi connectivity index (χ1) is 13.8. The zero-order valence-corrected chi connectivity index (χ0v) is 16.1. The normalized spacial score (nSPS) is 16.7. The van der Waals surface area contributed by atoms with Crippen LogP contribution in [0.1, 0.15) is 18.5 Å². The van der Waals surface area contributed by atoms with E-state index in [0.29, 0.717) is 17.1 Å². The quantitative estimate of drug-likeness (QED) is 0.551. The summed E-state index contributed by atoms with van der Waals surface area (Å²) in [6.45, 7) is 1.45. The van der Waals surface area contributed by atoms with E-state index in [9.17, 15) is 18.0 Å². The molecule has 0 aliphatic carbocycles. The Morgan fingerprint density at radius 2 is 1.79 bits per heavy atom. The largest absolute Gasteiger partial charge is 0.463 e. The molecule has 0 fully saturated rings. The first kappa shape index (κ1) is 20.7. The maximum atomic E-state index is 13.6. The SMILES string of the molecule is CCOC(=O)C1=C(C(F)(F)F)NC(=S)NC1c1cccc(Oc2ccccc2)c1. The fraction of sp³-hybridized carbons (Fsp3) is 0.200. The molecule has 1 aliphatic rings. The van der Waals surface area contributed by atoms with E-state index in [1.807, 2.05) is 11.4 Å². The van der Waals surface area contributed by atoms with Crippen molar-refractivity contribution in [2.45, 2.75) is 19.1 Å². The summed E-state index contributed by atoms with van der Waals surface area (Å²) >= 11 is 4.93. The number of alkyl halides is 3. The van der Waals surface area contributed by atoms with Gasteiger partial charge in [-0.1, -0.05) is 30.3 Å². The number of esters is 1. The number of carbonyl (C=O) groups is 1. The molecule has 2 N–H and O–H groups in total. The highest BCUT2D eigenvalue weighted by molar-refractivity contribution is 7.80. The smallest absolute Gasteiger partial charge is 0.431 e. The summed E-state index contributed by atoms with van der Waals surface area (Å²) in [6.07, 6.45) is -4.81. The highest BCUT2D eigenvalue weighted by Gasteiger charge is 2.45. The van der Waals surface area contributed by atoms with Gasteiger partial charge in [0.1, 0.15) is 17.2 Å². The lowest BCUT2D eigenvalue weighted by Gasteiger charge is -2.31. The molecule has 0 radical (unpaired) electrons. The first-order valence-corrected chi connectivity index (χ1v) is 9.09. The van der Waals surface area contributed by atoms with Gasteiger partial charge in [0.25, 0.3) is 0 Å². The van der Waals surface area contributed by atoms with Crippen LogP contribution >= 0.6 is 12.2 Å². The number of para-hydroxylation sites is 1. The molecule has 3 rings (SSSR count). The van der Waals surface area contributed by atoms with Gasteiger partial charge in [-0.3, -0.25) is 0 Å². The lowest BCUT2D eigenvalue weighted by atomic mass is 9.95. The third-order valence-corrected chi connectivity index (χ3v) is 4.24. The number of nitrogens with one attached hydrogen (secondary N) is 2. The van der Waals surface area contributed by atoms with Gasteiger partial charge in [0, 0.05) is 0 Å². The molecule has 5 nitrogen and oxygen atoms in total. The Labute approximate surface area is 170 Å². The van der Waals surface area contributed by atoms with Crippen LogP contribution in [0.15, 0.2) is 65.9 Å². The second-order valence-corrected chi connectivity index (χ2v) is 6.43. The van der Waals surface area contributed by atoms with Gasteiger partial charge in [-0.25, -0.2) is 4.79 Å². The summed E-state index contributed by atoms with van der Waals surface area (Å²) in [5.74, 6) is -0.117. The van der Waals surface area contributed by atoms with Gasteiger partial charge in [0.2, 0.25) is 0 Å². The molecule has 2 aromatic rings. The summed E-state index contributed by atoms with van der Waals surface area (Å²) in [5.41, 5.74) is -1.46. The van der Waals surface area contributed by atoms with Crippen molar-refractivity contribution in [3.63, 3.8) is 0 Å². The van der Waals surface area contributed by atoms with Crippen molar-refractivity contribution >= 4 is 23.3 Å². The van der Waals surface area contributed by atoms with E-state index in [0.717, 1.165) is 0 Å². The van der Waals surface area contributed by atoms with Gasteiger partial charge in [0.05, 0.1) is 18.2 Å². The molecule has 1 unspecified atom stereocenters. The van der Waals surface area contributed by atoms with E-state index in [1.54, 1.807) is 48.5 Å². The Bertz CT molecular complexity index is 945. The van der Waals surface area contributed by atoms with E-state index < -0.39 is 29.5 Å². The van der Waals surface area contributed by atoms with Gasteiger partial charge in [-0.15, -0.1) is 0 Å². The van der Waals surface area contributed by atoms with Crippen molar-refractivity contribution in [2.75, 3.05) is 6.61 Å². The number of hydrogen-bond donors (Lipinski definition) is 2. The van der Waals surface area contributed by atoms with Crippen LogP contribution in [0.2, 0.25) is 0 Å². The molecule has 2 aromatic carbocycles. The average molecular weight is 422 g/mol. The van der Waals surface area contributed by atoms with Crippen LogP contribution in [0.3, 0.4) is 0 Å². The van der Waals surface area contributed by atoms with Crippen LogP contribution in [0, 0.1) is 0 Å². The topological polar surface area (TPSA) is 59.6 Å². The molecule has 1 aliphatic heterocycles. The molecule has 0 spiro atoms. The Balaban J connectivity index is 2.03.